The summed E-state index contributed by atoms with van der Waals surface area (Å²) in [5.74, 6) is 3.59. The van der Waals surface area contributed by atoms with Crippen LogP contribution in [0, 0.1) is 0 Å². The summed E-state index contributed by atoms with van der Waals surface area (Å²) in [6, 6.07) is 13.1. The van der Waals surface area contributed by atoms with Gasteiger partial charge < -0.3 is 9.05 Å². The molecule has 0 atom stereocenters. The molecule has 0 N–H and O–H groups in total. The first-order valence-electron chi connectivity index (χ1n) is 11.8. The van der Waals surface area contributed by atoms with Gasteiger partial charge in [0.25, 0.3) is 8.38 Å². The fourth-order valence-corrected chi connectivity index (χ4v) is 4.97. The first-order valence-corrected chi connectivity index (χ1v) is 12.9. The van der Waals surface area contributed by atoms with Crippen molar-refractivity contribution >= 4 is 8.38 Å². The molecule has 0 aliphatic rings. The Morgan fingerprint density at radius 1 is 0.548 bits per heavy atom. The zero-order valence-electron chi connectivity index (χ0n) is 21.5. The molecule has 0 heterocycles. The normalized spacial score (nSPS) is 12.5. The maximum absolute atomic E-state index is 6.88. The van der Waals surface area contributed by atoms with Crippen LogP contribution in [0.2, 0.25) is 0 Å². The van der Waals surface area contributed by atoms with Crippen LogP contribution in [0.5, 0.6) is 11.5 Å². The third-order valence-electron chi connectivity index (χ3n) is 5.54. The zero-order valence-corrected chi connectivity index (χ0v) is 22.4. The Morgan fingerprint density at radius 2 is 0.806 bits per heavy atom. The topological polar surface area (TPSA) is 18.5 Å². The third kappa shape index (κ3) is 6.26. The number of para-hydroxylation sites is 2. The van der Waals surface area contributed by atoms with E-state index in [-0.39, 0.29) is 5.16 Å². The van der Waals surface area contributed by atoms with Crippen LogP contribution in [0.25, 0.3) is 0 Å². The Hall–Kier alpha value is -1.53. The summed E-state index contributed by atoms with van der Waals surface area (Å²) in [5, 5.41) is -0.133. The lowest BCUT2D eigenvalue weighted by Crippen LogP contribution is -2.20. The van der Waals surface area contributed by atoms with Crippen molar-refractivity contribution in [2.45, 2.75) is 105 Å². The van der Waals surface area contributed by atoms with Crippen molar-refractivity contribution in [2.24, 2.45) is 0 Å². The first-order chi connectivity index (χ1) is 14.3. The second kappa shape index (κ2) is 10.4. The molecule has 0 aromatic heterocycles. The lowest BCUT2D eigenvalue weighted by Gasteiger charge is -2.33. The van der Waals surface area contributed by atoms with Crippen molar-refractivity contribution in [3.8, 4) is 11.5 Å². The average molecular weight is 443 g/mol. The molecule has 0 bridgehead atoms. The molecule has 0 saturated heterocycles. The van der Waals surface area contributed by atoms with Gasteiger partial charge in [0.15, 0.2) is 0 Å². The molecule has 0 spiro atoms. The molecule has 172 valence electrons. The van der Waals surface area contributed by atoms with E-state index in [0.29, 0.717) is 23.7 Å². The summed E-state index contributed by atoms with van der Waals surface area (Å²) in [7, 11) is -1.22. The van der Waals surface area contributed by atoms with Crippen molar-refractivity contribution in [2.75, 3.05) is 0 Å². The number of hydrogen-bond acceptors (Lipinski definition) is 2. The predicted molar refractivity (Wildman–Crippen MR) is 137 cm³/mol. The number of hydrogen-bond donors (Lipinski definition) is 0. The van der Waals surface area contributed by atoms with Crippen LogP contribution in [0.1, 0.15) is 122 Å². The van der Waals surface area contributed by atoms with Gasteiger partial charge in [-0.25, -0.2) is 0 Å². The Bertz CT molecular complexity index is 742. The van der Waals surface area contributed by atoms with Crippen LogP contribution in [0.15, 0.2) is 36.4 Å². The highest BCUT2D eigenvalue weighted by molar-refractivity contribution is 7.49. The first kappa shape index (κ1) is 25.7. The molecular weight excluding hydrogens is 399 g/mol. The highest BCUT2D eigenvalue weighted by atomic mass is 31.2. The summed E-state index contributed by atoms with van der Waals surface area (Å²) < 4.78 is 13.8. The Labute approximate surface area is 192 Å². The molecule has 3 heteroatoms. The van der Waals surface area contributed by atoms with Crippen LogP contribution in [0.3, 0.4) is 0 Å². The van der Waals surface area contributed by atoms with Gasteiger partial charge in [-0.05, 0) is 66.7 Å². The quantitative estimate of drug-likeness (QED) is 0.379. The van der Waals surface area contributed by atoms with Crippen molar-refractivity contribution in [1.82, 2.24) is 0 Å². The van der Waals surface area contributed by atoms with E-state index in [0.717, 1.165) is 11.5 Å². The second-order valence-corrected chi connectivity index (χ2v) is 13.0. The van der Waals surface area contributed by atoms with Crippen LogP contribution in [0.4, 0.5) is 0 Å². The summed E-state index contributed by atoms with van der Waals surface area (Å²) in [4.78, 5) is 0. The molecular formula is C28H43O2P. The van der Waals surface area contributed by atoms with E-state index in [2.05, 4.69) is 113 Å². The van der Waals surface area contributed by atoms with Gasteiger partial charge in [0.1, 0.15) is 11.5 Å². The van der Waals surface area contributed by atoms with Gasteiger partial charge in [-0.1, -0.05) is 91.8 Å². The van der Waals surface area contributed by atoms with Gasteiger partial charge in [-0.15, -0.1) is 0 Å². The molecule has 31 heavy (non-hydrogen) atoms. The molecule has 2 aromatic carbocycles. The van der Waals surface area contributed by atoms with E-state index < -0.39 is 8.38 Å². The van der Waals surface area contributed by atoms with Gasteiger partial charge in [0, 0.05) is 0 Å². The summed E-state index contributed by atoms with van der Waals surface area (Å²) in [6.45, 7) is 24.5. The second-order valence-electron chi connectivity index (χ2n) is 10.8. The van der Waals surface area contributed by atoms with E-state index in [9.17, 15) is 0 Å². The molecule has 2 aromatic rings. The Balaban J connectivity index is 2.60. The monoisotopic (exact) mass is 442 g/mol. The lowest BCUT2D eigenvalue weighted by molar-refractivity contribution is 0.439. The minimum atomic E-state index is -1.22. The van der Waals surface area contributed by atoms with E-state index in [4.69, 9.17) is 9.05 Å². The van der Waals surface area contributed by atoms with Crippen LogP contribution in [-0.4, -0.2) is 5.16 Å². The number of benzene rings is 2. The standard InChI is InChI=1S/C28H43O2P/c1-18(2)22-14-12-15-23(19(3)4)26(22)29-31(28(9,10)11)30-27-24(20(5)6)16-13-17-25(27)21(7)8/h12-21H,1-11H3. The minimum Gasteiger partial charge on any atom is -0.438 e. The maximum atomic E-state index is 6.88. The lowest BCUT2D eigenvalue weighted by atomic mass is 9.94. The van der Waals surface area contributed by atoms with Gasteiger partial charge in [0.2, 0.25) is 0 Å². The molecule has 0 amide bonds. The van der Waals surface area contributed by atoms with Crippen molar-refractivity contribution in [3.63, 3.8) is 0 Å². The predicted octanol–water partition coefficient (Wildman–Crippen LogP) is 9.75. The summed E-state index contributed by atoms with van der Waals surface area (Å²) in [5.41, 5.74) is 5.03. The zero-order chi connectivity index (χ0) is 23.5. The van der Waals surface area contributed by atoms with Gasteiger partial charge in [-0.3, -0.25) is 0 Å². The molecule has 2 nitrogen and oxygen atoms in total. The minimum absolute atomic E-state index is 0.133. The molecule has 0 unspecified atom stereocenters. The SMILES string of the molecule is CC(C)c1cccc(C(C)C)c1OP(Oc1c(C(C)C)cccc1C(C)C)C(C)(C)C. The third-order valence-corrected chi connectivity index (χ3v) is 7.33. The van der Waals surface area contributed by atoms with Crippen molar-refractivity contribution in [1.29, 1.82) is 0 Å². The number of rotatable bonds is 8. The fourth-order valence-electron chi connectivity index (χ4n) is 3.63. The summed E-state index contributed by atoms with van der Waals surface area (Å²) >= 11 is 0. The molecule has 0 radical (unpaired) electrons. The van der Waals surface area contributed by atoms with Crippen LogP contribution < -0.4 is 9.05 Å². The Kier molecular flexibility index (Phi) is 8.62. The highest BCUT2D eigenvalue weighted by Gasteiger charge is 2.34. The van der Waals surface area contributed by atoms with E-state index >= 15 is 0 Å². The average Bonchev–Trinajstić information content (AvgIpc) is 2.66. The molecule has 0 fully saturated rings. The van der Waals surface area contributed by atoms with E-state index in [1.807, 2.05) is 0 Å². The van der Waals surface area contributed by atoms with E-state index in [1.54, 1.807) is 0 Å². The van der Waals surface area contributed by atoms with Gasteiger partial charge in [-0.2, -0.15) is 0 Å². The highest BCUT2D eigenvalue weighted by Crippen LogP contribution is 2.55. The molecule has 0 saturated carbocycles. The van der Waals surface area contributed by atoms with Crippen LogP contribution in [-0.2, 0) is 0 Å². The Morgan fingerprint density at radius 3 is 1.00 bits per heavy atom. The smallest absolute Gasteiger partial charge is 0.296 e. The maximum Gasteiger partial charge on any atom is 0.296 e. The fraction of sp³-hybridized carbons (Fsp3) is 0.571. The van der Waals surface area contributed by atoms with E-state index in [1.165, 1.54) is 22.3 Å². The largest absolute Gasteiger partial charge is 0.438 e. The van der Waals surface area contributed by atoms with Crippen molar-refractivity contribution in [3.05, 3.63) is 58.7 Å². The summed E-state index contributed by atoms with van der Waals surface area (Å²) in [6.07, 6.45) is 0. The molecule has 0 aliphatic carbocycles. The molecule has 2 rings (SSSR count). The van der Waals surface area contributed by atoms with Gasteiger partial charge >= 0.3 is 0 Å². The van der Waals surface area contributed by atoms with Crippen LogP contribution >= 0.6 is 8.38 Å². The molecule has 0 aliphatic heterocycles. The van der Waals surface area contributed by atoms with Crippen molar-refractivity contribution < 1.29 is 9.05 Å². The van der Waals surface area contributed by atoms with Gasteiger partial charge in [0.05, 0.1) is 5.16 Å².